The van der Waals surface area contributed by atoms with Crippen molar-refractivity contribution in [3.8, 4) is 0 Å². The van der Waals surface area contributed by atoms with Gasteiger partial charge in [0.25, 0.3) is 0 Å². The fourth-order valence-electron chi connectivity index (χ4n) is 3.69. The van der Waals surface area contributed by atoms with E-state index in [1.54, 1.807) is 19.2 Å². The molecule has 1 unspecified atom stereocenters. The Hall–Kier alpha value is -2.50. The summed E-state index contributed by atoms with van der Waals surface area (Å²) in [6.45, 7) is 5.53. The molecule has 0 fully saturated rings. The van der Waals surface area contributed by atoms with Gasteiger partial charge in [0.2, 0.25) is 0 Å². The number of aryl methyl sites for hydroxylation is 1. The molecule has 1 atom stereocenters. The zero-order valence-corrected chi connectivity index (χ0v) is 17.1. The van der Waals surface area contributed by atoms with Crippen molar-refractivity contribution in [3.63, 3.8) is 0 Å². The van der Waals surface area contributed by atoms with E-state index in [0.29, 0.717) is 18.7 Å². The van der Waals surface area contributed by atoms with Crippen LogP contribution in [0.4, 0.5) is 8.78 Å². The Bertz CT molecular complexity index is 923. The highest BCUT2D eigenvalue weighted by atomic mass is 19.2. The van der Waals surface area contributed by atoms with Gasteiger partial charge in [-0.2, -0.15) is 0 Å². The molecule has 0 aliphatic heterocycles. The molecule has 0 aliphatic carbocycles. The second kappa shape index (κ2) is 10.3. The fourth-order valence-corrected chi connectivity index (χ4v) is 3.69. The molecule has 2 aromatic carbocycles. The largest absolute Gasteiger partial charge is 0.384 e. The molecule has 3 rings (SSSR count). The first-order valence-electron chi connectivity index (χ1n) is 10.0. The molecule has 1 heterocycles. The van der Waals surface area contributed by atoms with E-state index in [4.69, 9.17) is 4.74 Å². The summed E-state index contributed by atoms with van der Waals surface area (Å²) in [5.41, 5.74) is 4.08. The molecule has 5 heteroatoms. The number of nitrogens with zero attached hydrogens (tertiary/aromatic N) is 1. The second-order valence-corrected chi connectivity index (χ2v) is 7.53. The Morgan fingerprint density at radius 1 is 1.00 bits per heavy atom. The molecule has 29 heavy (non-hydrogen) atoms. The average molecular weight is 400 g/mol. The number of halogens is 2. The number of methoxy groups -OCH3 is 1. The summed E-state index contributed by atoms with van der Waals surface area (Å²) in [5, 5.41) is 0. The minimum absolute atomic E-state index is 0.411. The Labute approximate surface area is 171 Å². The number of ether oxygens (including phenoxy) is 1. The topological polar surface area (TPSA) is 18.6 Å². The molecular formula is C24H29F2N2O+. The summed E-state index contributed by atoms with van der Waals surface area (Å²) >= 11 is 0. The van der Waals surface area contributed by atoms with Gasteiger partial charge >= 0.3 is 0 Å². The van der Waals surface area contributed by atoms with Gasteiger partial charge in [-0.05, 0) is 30.7 Å². The molecule has 0 saturated carbocycles. The Balaban J connectivity index is 1.75. The van der Waals surface area contributed by atoms with Crippen LogP contribution >= 0.6 is 0 Å². The second-order valence-electron chi connectivity index (χ2n) is 7.53. The molecule has 1 aromatic heterocycles. The minimum atomic E-state index is -0.790. The van der Waals surface area contributed by atoms with Crippen molar-refractivity contribution in [2.24, 2.45) is 0 Å². The standard InChI is InChI=1S/C24H28F2N2O/c1-19-7-3-8-20(15-19)16-28-13-5-10-22(28)18-27(12-6-14-29-2)17-21-9-4-11-23(25)24(21)26/h3-5,7-11,13,15H,6,12,14,16-18H2,1-2H3/p+1. The van der Waals surface area contributed by atoms with Crippen LogP contribution in [0.1, 0.15) is 28.8 Å². The lowest BCUT2D eigenvalue weighted by atomic mass is 10.1. The monoisotopic (exact) mass is 399 g/mol. The zero-order chi connectivity index (χ0) is 20.6. The van der Waals surface area contributed by atoms with Gasteiger partial charge in [-0.25, -0.2) is 8.78 Å². The molecule has 0 aliphatic rings. The quantitative estimate of drug-likeness (QED) is 0.515. The van der Waals surface area contributed by atoms with E-state index < -0.39 is 11.6 Å². The number of benzene rings is 2. The summed E-state index contributed by atoms with van der Waals surface area (Å²) in [6.07, 6.45) is 2.94. The van der Waals surface area contributed by atoms with Crippen LogP contribution in [0.15, 0.2) is 60.8 Å². The molecule has 154 valence electrons. The maximum Gasteiger partial charge on any atom is 0.167 e. The number of nitrogens with one attached hydrogen (secondary N) is 1. The van der Waals surface area contributed by atoms with E-state index in [-0.39, 0.29) is 0 Å². The van der Waals surface area contributed by atoms with E-state index in [1.165, 1.54) is 21.7 Å². The number of aromatic nitrogens is 1. The lowest BCUT2D eigenvalue weighted by Crippen LogP contribution is -3.09. The van der Waals surface area contributed by atoms with Crippen LogP contribution in [0.5, 0.6) is 0 Å². The van der Waals surface area contributed by atoms with Gasteiger partial charge in [0, 0.05) is 31.8 Å². The molecule has 0 amide bonds. The number of quaternary nitrogens is 1. The summed E-state index contributed by atoms with van der Waals surface area (Å²) < 4.78 is 35.3. The molecule has 3 nitrogen and oxygen atoms in total. The molecule has 0 spiro atoms. The van der Waals surface area contributed by atoms with Gasteiger partial charge in [0.1, 0.15) is 13.1 Å². The Morgan fingerprint density at radius 3 is 2.62 bits per heavy atom. The van der Waals surface area contributed by atoms with Crippen molar-refractivity contribution in [3.05, 3.63) is 94.8 Å². The molecule has 1 N–H and O–H groups in total. The summed E-state index contributed by atoms with van der Waals surface area (Å²) in [7, 11) is 1.68. The predicted molar refractivity (Wildman–Crippen MR) is 111 cm³/mol. The fraction of sp³-hybridized carbons (Fsp3) is 0.333. The lowest BCUT2D eigenvalue weighted by molar-refractivity contribution is -0.928. The van der Waals surface area contributed by atoms with Crippen molar-refractivity contribution in [2.45, 2.75) is 33.0 Å². The number of hydrogen-bond acceptors (Lipinski definition) is 1. The maximum atomic E-state index is 14.2. The van der Waals surface area contributed by atoms with E-state index in [2.05, 4.69) is 48.0 Å². The van der Waals surface area contributed by atoms with Gasteiger partial charge < -0.3 is 14.2 Å². The van der Waals surface area contributed by atoms with Crippen LogP contribution in [-0.2, 0) is 24.4 Å². The SMILES string of the molecule is COCCC[NH+](Cc1cccc(F)c1F)Cc1cccn1Cc1cccc(C)c1. The molecule has 0 radical (unpaired) electrons. The van der Waals surface area contributed by atoms with Gasteiger partial charge in [0.05, 0.1) is 18.8 Å². The summed E-state index contributed by atoms with van der Waals surface area (Å²) in [4.78, 5) is 1.18. The van der Waals surface area contributed by atoms with E-state index in [1.807, 2.05) is 6.07 Å². The number of hydrogen-bond donors (Lipinski definition) is 1. The first-order valence-corrected chi connectivity index (χ1v) is 10.0. The highest BCUT2D eigenvalue weighted by Gasteiger charge is 2.17. The van der Waals surface area contributed by atoms with Crippen LogP contribution in [0, 0.1) is 18.6 Å². The third-order valence-electron chi connectivity index (χ3n) is 5.14. The van der Waals surface area contributed by atoms with Gasteiger partial charge in [-0.1, -0.05) is 42.0 Å². The summed E-state index contributed by atoms with van der Waals surface area (Å²) in [6, 6.07) is 17.0. The van der Waals surface area contributed by atoms with Crippen molar-refractivity contribution in [1.82, 2.24) is 4.57 Å². The lowest BCUT2D eigenvalue weighted by Gasteiger charge is -2.21. The summed E-state index contributed by atoms with van der Waals surface area (Å²) in [5.74, 6) is -1.53. The first kappa shape index (κ1) is 21.2. The van der Waals surface area contributed by atoms with Crippen molar-refractivity contribution < 1.29 is 18.4 Å². The molecular weight excluding hydrogens is 370 g/mol. The average Bonchev–Trinajstić information content (AvgIpc) is 3.12. The smallest absolute Gasteiger partial charge is 0.167 e. The van der Waals surface area contributed by atoms with Crippen molar-refractivity contribution in [2.75, 3.05) is 20.3 Å². The normalized spacial score (nSPS) is 12.3. The molecule has 0 saturated heterocycles. The van der Waals surface area contributed by atoms with Gasteiger partial charge in [-0.15, -0.1) is 0 Å². The highest BCUT2D eigenvalue weighted by molar-refractivity contribution is 5.23. The van der Waals surface area contributed by atoms with Gasteiger partial charge in [0.15, 0.2) is 11.6 Å². The van der Waals surface area contributed by atoms with Crippen LogP contribution in [0.2, 0.25) is 0 Å². The third-order valence-corrected chi connectivity index (χ3v) is 5.14. The van der Waals surface area contributed by atoms with Crippen molar-refractivity contribution in [1.29, 1.82) is 0 Å². The maximum absolute atomic E-state index is 14.2. The minimum Gasteiger partial charge on any atom is -0.384 e. The molecule has 3 aromatic rings. The Kier molecular flexibility index (Phi) is 7.55. The van der Waals surface area contributed by atoms with E-state index in [0.717, 1.165) is 32.1 Å². The van der Waals surface area contributed by atoms with E-state index >= 15 is 0 Å². The molecule has 0 bridgehead atoms. The first-order chi connectivity index (χ1) is 14.1. The Morgan fingerprint density at radius 2 is 1.83 bits per heavy atom. The highest BCUT2D eigenvalue weighted by Crippen LogP contribution is 2.12. The van der Waals surface area contributed by atoms with Crippen LogP contribution < -0.4 is 4.90 Å². The van der Waals surface area contributed by atoms with Crippen molar-refractivity contribution >= 4 is 0 Å². The van der Waals surface area contributed by atoms with E-state index in [9.17, 15) is 8.78 Å². The van der Waals surface area contributed by atoms with Crippen LogP contribution in [0.3, 0.4) is 0 Å². The van der Waals surface area contributed by atoms with Crippen LogP contribution in [0.25, 0.3) is 0 Å². The van der Waals surface area contributed by atoms with Gasteiger partial charge in [-0.3, -0.25) is 0 Å². The third kappa shape index (κ3) is 5.99. The number of rotatable bonds is 10. The zero-order valence-electron chi connectivity index (χ0n) is 17.1. The van der Waals surface area contributed by atoms with Crippen LogP contribution in [-0.4, -0.2) is 24.8 Å². The predicted octanol–water partition coefficient (Wildman–Crippen LogP) is 3.74.